The second kappa shape index (κ2) is 4.45. The average molecular weight is 187 g/mol. The Kier molecular flexibility index (Phi) is 3.52. The summed E-state index contributed by atoms with van der Waals surface area (Å²) in [5, 5.41) is 8.35. The lowest BCUT2D eigenvalue weighted by molar-refractivity contribution is 0.160. The Balaban J connectivity index is 2.87. The summed E-state index contributed by atoms with van der Waals surface area (Å²) in [5.74, 6) is -0.289. The summed E-state index contributed by atoms with van der Waals surface area (Å²) in [5.41, 5.74) is 2.38. The van der Waals surface area contributed by atoms with Gasteiger partial charge in [-0.05, 0) is 18.4 Å². The molecule has 0 spiro atoms. The Bertz CT molecular complexity index is 267. The van der Waals surface area contributed by atoms with Crippen LogP contribution in [-0.4, -0.2) is 11.5 Å². The molecule has 0 radical (unpaired) electrons. The smallest absolute Gasteiger partial charge is 0.128 e. The van der Waals surface area contributed by atoms with E-state index in [0.717, 1.165) is 4.90 Å². The fourth-order valence-corrected chi connectivity index (χ4v) is 1.31. The molecule has 0 aliphatic rings. The van der Waals surface area contributed by atoms with Gasteiger partial charge in [-0.2, -0.15) is 0 Å². The molecule has 0 unspecified atom stereocenters. The number of halogens is 1. The van der Waals surface area contributed by atoms with Crippen molar-refractivity contribution in [2.24, 2.45) is 0 Å². The third-order valence-corrected chi connectivity index (χ3v) is 2.26. The monoisotopic (exact) mass is 187 g/mol. The largest absolute Gasteiger partial charge is 0.316 e. The highest BCUT2D eigenvalue weighted by molar-refractivity contribution is 7.98. The van der Waals surface area contributed by atoms with Gasteiger partial charge in [-0.1, -0.05) is 6.07 Å². The highest BCUT2D eigenvalue weighted by Crippen LogP contribution is 2.17. The van der Waals surface area contributed by atoms with E-state index < -0.39 is 0 Å². The molecule has 0 aromatic heterocycles. The van der Waals surface area contributed by atoms with E-state index in [4.69, 9.17) is 5.21 Å². The third-order valence-electron chi connectivity index (χ3n) is 1.53. The first-order chi connectivity index (χ1) is 5.77. The number of nitrogens with one attached hydrogen (secondary N) is 1. The molecule has 66 valence electrons. The van der Waals surface area contributed by atoms with Gasteiger partial charge in [0.05, 0.1) is 0 Å². The second-order valence-corrected chi connectivity index (χ2v) is 3.17. The van der Waals surface area contributed by atoms with E-state index >= 15 is 0 Å². The summed E-state index contributed by atoms with van der Waals surface area (Å²) < 4.78 is 13.1. The molecule has 12 heavy (non-hydrogen) atoms. The Morgan fingerprint density at radius 2 is 2.33 bits per heavy atom. The second-order valence-electron chi connectivity index (χ2n) is 2.29. The van der Waals surface area contributed by atoms with Crippen LogP contribution < -0.4 is 5.48 Å². The van der Waals surface area contributed by atoms with Crippen molar-refractivity contribution in [2.45, 2.75) is 11.4 Å². The number of hydrogen-bond donors (Lipinski definition) is 2. The van der Waals surface area contributed by atoms with Gasteiger partial charge < -0.3 is 5.21 Å². The predicted molar refractivity (Wildman–Crippen MR) is 46.8 cm³/mol. The van der Waals surface area contributed by atoms with Crippen molar-refractivity contribution in [3.63, 3.8) is 0 Å². The summed E-state index contributed by atoms with van der Waals surface area (Å²) in [6.45, 7) is 0.139. The van der Waals surface area contributed by atoms with E-state index in [1.807, 2.05) is 17.8 Å². The average Bonchev–Trinajstić information content (AvgIpc) is 2.09. The van der Waals surface area contributed by atoms with Crippen LogP contribution in [0.3, 0.4) is 0 Å². The van der Waals surface area contributed by atoms with Crippen LogP contribution >= 0.6 is 11.8 Å². The van der Waals surface area contributed by atoms with Crippen LogP contribution in [0.25, 0.3) is 0 Å². The first-order valence-corrected chi connectivity index (χ1v) is 4.69. The molecule has 0 aliphatic carbocycles. The molecular formula is C8H10FNOS. The minimum absolute atomic E-state index is 0.139. The quantitative estimate of drug-likeness (QED) is 0.561. The first-order valence-electron chi connectivity index (χ1n) is 3.47. The molecule has 1 aromatic rings. The Hall–Kier alpha value is -0.580. The van der Waals surface area contributed by atoms with Crippen molar-refractivity contribution in [2.75, 3.05) is 6.26 Å². The van der Waals surface area contributed by atoms with E-state index in [1.165, 1.54) is 17.8 Å². The molecule has 0 fully saturated rings. The minimum Gasteiger partial charge on any atom is -0.316 e. The Morgan fingerprint density at radius 1 is 1.58 bits per heavy atom. The molecule has 0 aliphatic heterocycles. The van der Waals surface area contributed by atoms with Crippen LogP contribution in [0.2, 0.25) is 0 Å². The number of hydroxylamine groups is 1. The van der Waals surface area contributed by atoms with Crippen molar-refractivity contribution >= 4 is 11.8 Å². The van der Waals surface area contributed by atoms with Crippen molar-refractivity contribution in [1.29, 1.82) is 0 Å². The molecule has 4 heteroatoms. The van der Waals surface area contributed by atoms with Crippen LogP contribution in [0, 0.1) is 5.82 Å². The van der Waals surface area contributed by atoms with Gasteiger partial charge in [-0.25, -0.2) is 9.87 Å². The summed E-state index contributed by atoms with van der Waals surface area (Å²) in [7, 11) is 0. The van der Waals surface area contributed by atoms with Gasteiger partial charge in [0.2, 0.25) is 0 Å². The van der Waals surface area contributed by atoms with Crippen LogP contribution in [0.5, 0.6) is 0 Å². The summed E-state index contributed by atoms with van der Waals surface area (Å²) in [6.07, 6.45) is 1.89. The highest BCUT2D eigenvalue weighted by Gasteiger charge is 2.01. The fourth-order valence-electron chi connectivity index (χ4n) is 0.884. The molecule has 0 atom stereocenters. The zero-order valence-electron chi connectivity index (χ0n) is 6.67. The van der Waals surface area contributed by atoms with Gasteiger partial charge in [0.15, 0.2) is 0 Å². The lowest BCUT2D eigenvalue weighted by Gasteiger charge is -2.02. The standard InChI is InChI=1S/C8H10FNOS/c1-12-7-3-2-6(5-10-11)8(9)4-7/h2-4,10-11H,5H2,1H3. The summed E-state index contributed by atoms with van der Waals surface area (Å²) >= 11 is 1.49. The van der Waals surface area contributed by atoms with Gasteiger partial charge in [0.1, 0.15) is 5.82 Å². The lowest BCUT2D eigenvalue weighted by atomic mass is 10.2. The third kappa shape index (κ3) is 2.20. The molecule has 2 N–H and O–H groups in total. The number of hydrogen-bond acceptors (Lipinski definition) is 3. The minimum atomic E-state index is -0.289. The maximum atomic E-state index is 13.1. The predicted octanol–water partition coefficient (Wildman–Crippen LogP) is 2.03. The first kappa shape index (κ1) is 9.51. The van der Waals surface area contributed by atoms with Gasteiger partial charge in [-0.3, -0.25) is 0 Å². The van der Waals surface area contributed by atoms with Gasteiger partial charge in [0.25, 0.3) is 0 Å². The maximum Gasteiger partial charge on any atom is 0.128 e. The normalized spacial score (nSPS) is 10.2. The Labute approximate surface area is 74.7 Å². The van der Waals surface area contributed by atoms with Gasteiger partial charge >= 0.3 is 0 Å². The molecule has 0 bridgehead atoms. The summed E-state index contributed by atoms with van der Waals surface area (Å²) in [4.78, 5) is 0.884. The van der Waals surface area contributed by atoms with Crippen LogP contribution in [0.15, 0.2) is 23.1 Å². The SMILES string of the molecule is CSc1ccc(CNO)c(F)c1. The topological polar surface area (TPSA) is 32.3 Å². The van der Waals surface area contributed by atoms with Crippen LogP contribution in [0.4, 0.5) is 4.39 Å². The molecule has 0 heterocycles. The molecule has 2 nitrogen and oxygen atoms in total. The molecule has 0 saturated heterocycles. The molecule has 1 rings (SSSR count). The number of thioether (sulfide) groups is 1. The van der Waals surface area contributed by atoms with Gasteiger partial charge in [0, 0.05) is 17.0 Å². The molecular weight excluding hydrogens is 177 g/mol. The number of rotatable bonds is 3. The van der Waals surface area contributed by atoms with E-state index in [2.05, 4.69) is 0 Å². The van der Waals surface area contributed by atoms with Crippen LogP contribution in [0.1, 0.15) is 5.56 Å². The van der Waals surface area contributed by atoms with E-state index in [-0.39, 0.29) is 12.4 Å². The Morgan fingerprint density at radius 3 is 2.83 bits per heavy atom. The fraction of sp³-hybridized carbons (Fsp3) is 0.250. The van der Waals surface area contributed by atoms with E-state index in [0.29, 0.717) is 5.56 Å². The van der Waals surface area contributed by atoms with Crippen molar-refractivity contribution in [3.8, 4) is 0 Å². The zero-order valence-corrected chi connectivity index (χ0v) is 7.49. The van der Waals surface area contributed by atoms with Crippen molar-refractivity contribution in [3.05, 3.63) is 29.6 Å². The van der Waals surface area contributed by atoms with Gasteiger partial charge in [-0.15, -0.1) is 11.8 Å². The molecule has 1 aromatic carbocycles. The highest BCUT2D eigenvalue weighted by atomic mass is 32.2. The lowest BCUT2D eigenvalue weighted by Crippen LogP contribution is -2.07. The van der Waals surface area contributed by atoms with Crippen molar-refractivity contribution < 1.29 is 9.60 Å². The number of benzene rings is 1. The van der Waals surface area contributed by atoms with E-state index in [1.54, 1.807) is 6.07 Å². The molecule has 0 saturated carbocycles. The maximum absolute atomic E-state index is 13.1. The van der Waals surface area contributed by atoms with Crippen LogP contribution in [-0.2, 0) is 6.54 Å². The zero-order chi connectivity index (χ0) is 8.97. The van der Waals surface area contributed by atoms with E-state index in [9.17, 15) is 4.39 Å². The molecule has 0 amide bonds. The van der Waals surface area contributed by atoms with Crippen molar-refractivity contribution in [1.82, 2.24) is 5.48 Å². The summed E-state index contributed by atoms with van der Waals surface area (Å²) in [6, 6.07) is 4.93.